The van der Waals surface area contributed by atoms with Gasteiger partial charge < -0.3 is 14.2 Å². The van der Waals surface area contributed by atoms with Crippen LogP contribution in [0.5, 0.6) is 17.2 Å². The first-order valence-corrected chi connectivity index (χ1v) is 6.57. The van der Waals surface area contributed by atoms with Crippen molar-refractivity contribution in [1.29, 1.82) is 0 Å². The van der Waals surface area contributed by atoms with Crippen LogP contribution in [0.4, 0.5) is 0 Å². The first-order chi connectivity index (χ1) is 9.72. The molecule has 103 valence electrons. The highest BCUT2D eigenvalue weighted by molar-refractivity contribution is 5.79. The number of hydrogen-bond donors (Lipinski definition) is 0. The zero-order valence-corrected chi connectivity index (χ0v) is 11.7. The normalized spacial score (nSPS) is 16.4. The molecule has 3 rings (SSSR count). The molecule has 1 atom stereocenters. The molecule has 0 N–H and O–H groups in total. The Morgan fingerprint density at radius 2 is 1.90 bits per heavy atom. The molecular weight excluding hydrogens is 252 g/mol. The molecule has 2 aromatic rings. The Hall–Kier alpha value is -2.16. The van der Waals surface area contributed by atoms with E-state index in [-0.39, 0.29) is 6.10 Å². The lowest BCUT2D eigenvalue weighted by Gasteiger charge is -2.14. The highest BCUT2D eigenvalue weighted by Crippen LogP contribution is 2.44. The molecule has 0 spiro atoms. The molecule has 20 heavy (non-hydrogen) atoms. The number of fused-ring (bicyclic) bond motifs is 1. The molecule has 0 saturated heterocycles. The largest absolute Gasteiger partial charge is 0.497 e. The van der Waals surface area contributed by atoms with Crippen molar-refractivity contribution in [3.05, 3.63) is 48.9 Å². The first-order valence-electron chi connectivity index (χ1n) is 6.57. The molecule has 1 aliphatic heterocycles. The smallest absolute Gasteiger partial charge is 0.131 e. The van der Waals surface area contributed by atoms with Gasteiger partial charge >= 0.3 is 0 Å². The highest BCUT2D eigenvalue weighted by atomic mass is 16.5. The molecule has 0 bridgehead atoms. The molecule has 1 radical (unpaired) electrons. The third kappa shape index (κ3) is 2.09. The van der Waals surface area contributed by atoms with E-state index < -0.39 is 0 Å². The van der Waals surface area contributed by atoms with Crippen molar-refractivity contribution in [3.63, 3.8) is 0 Å². The predicted molar refractivity (Wildman–Crippen MR) is 78.5 cm³/mol. The minimum absolute atomic E-state index is 0.0504. The molecule has 3 nitrogen and oxygen atoms in total. The average molecular weight is 269 g/mol. The van der Waals surface area contributed by atoms with E-state index in [9.17, 15) is 0 Å². The van der Waals surface area contributed by atoms with Gasteiger partial charge in [0.05, 0.1) is 14.2 Å². The Morgan fingerprint density at radius 3 is 2.65 bits per heavy atom. The molecule has 0 aliphatic carbocycles. The van der Waals surface area contributed by atoms with Crippen LogP contribution in [0, 0.1) is 6.92 Å². The monoisotopic (exact) mass is 269 g/mol. The number of ether oxygens (including phenoxy) is 3. The summed E-state index contributed by atoms with van der Waals surface area (Å²) in [5, 5.41) is 0. The van der Waals surface area contributed by atoms with Crippen molar-refractivity contribution in [2.45, 2.75) is 12.5 Å². The molecule has 0 aromatic heterocycles. The summed E-state index contributed by atoms with van der Waals surface area (Å²) in [4.78, 5) is 0. The first kappa shape index (κ1) is 12.9. The number of hydrogen-bond acceptors (Lipinski definition) is 3. The summed E-state index contributed by atoms with van der Waals surface area (Å²) in [6, 6.07) is 11.9. The van der Waals surface area contributed by atoms with Gasteiger partial charge in [0, 0.05) is 23.1 Å². The third-order valence-corrected chi connectivity index (χ3v) is 3.50. The zero-order valence-electron chi connectivity index (χ0n) is 11.7. The van der Waals surface area contributed by atoms with Gasteiger partial charge in [-0.05, 0) is 25.1 Å². The lowest BCUT2D eigenvalue weighted by Crippen LogP contribution is -2.06. The topological polar surface area (TPSA) is 27.7 Å². The van der Waals surface area contributed by atoms with Crippen LogP contribution in [0.15, 0.2) is 36.4 Å². The number of benzene rings is 2. The molecular formula is C17H17O3. The van der Waals surface area contributed by atoms with Crippen molar-refractivity contribution in [1.82, 2.24) is 0 Å². The molecule has 1 unspecified atom stereocenters. The Balaban J connectivity index is 2.21. The maximum atomic E-state index is 5.87. The summed E-state index contributed by atoms with van der Waals surface area (Å²) >= 11 is 0. The van der Waals surface area contributed by atoms with E-state index in [1.54, 1.807) is 14.2 Å². The van der Waals surface area contributed by atoms with Crippen molar-refractivity contribution in [2.24, 2.45) is 0 Å². The molecule has 2 aromatic carbocycles. The van der Waals surface area contributed by atoms with Gasteiger partial charge in [-0.3, -0.25) is 0 Å². The summed E-state index contributed by atoms with van der Waals surface area (Å²) in [5.41, 5.74) is 3.12. The van der Waals surface area contributed by atoms with Crippen molar-refractivity contribution in [2.75, 3.05) is 14.2 Å². The summed E-state index contributed by atoms with van der Waals surface area (Å²) in [7, 11) is 3.34. The second-order valence-electron chi connectivity index (χ2n) is 4.81. The van der Waals surface area contributed by atoms with Gasteiger partial charge in [0.1, 0.15) is 23.4 Å². The van der Waals surface area contributed by atoms with E-state index in [0.717, 1.165) is 40.4 Å². The molecule has 1 heterocycles. The van der Waals surface area contributed by atoms with E-state index in [4.69, 9.17) is 14.2 Å². The lowest BCUT2D eigenvalue weighted by atomic mass is 9.99. The Labute approximate surface area is 119 Å². The second-order valence-corrected chi connectivity index (χ2v) is 4.81. The van der Waals surface area contributed by atoms with E-state index >= 15 is 0 Å². The third-order valence-electron chi connectivity index (χ3n) is 3.50. The van der Waals surface area contributed by atoms with Crippen LogP contribution in [0.1, 0.15) is 5.56 Å². The van der Waals surface area contributed by atoms with Crippen LogP contribution < -0.4 is 14.2 Å². The Bertz CT molecular complexity index is 634. The average Bonchev–Trinajstić information content (AvgIpc) is 2.86. The Morgan fingerprint density at radius 1 is 1.10 bits per heavy atom. The summed E-state index contributed by atoms with van der Waals surface area (Å²) < 4.78 is 16.7. The van der Waals surface area contributed by atoms with E-state index in [1.165, 1.54) is 0 Å². The summed E-state index contributed by atoms with van der Waals surface area (Å²) in [5.74, 6) is 2.52. The molecule has 3 heteroatoms. The molecule has 0 fully saturated rings. The Kier molecular flexibility index (Phi) is 3.26. The van der Waals surface area contributed by atoms with Gasteiger partial charge in [0.15, 0.2) is 0 Å². The fourth-order valence-electron chi connectivity index (χ4n) is 2.59. The zero-order chi connectivity index (χ0) is 14.1. The number of rotatable bonds is 3. The van der Waals surface area contributed by atoms with Crippen molar-refractivity contribution >= 4 is 0 Å². The standard InChI is InChI=1S/C17H17O3/c1-11-8-12-9-13(18-2)10-15(17(12)20-11)14-6-4-5-7-16(14)19-3/h4-7,9-11H,1,8H2,2-3H3. The van der Waals surface area contributed by atoms with Gasteiger partial charge in [-0.1, -0.05) is 18.2 Å². The van der Waals surface area contributed by atoms with Crippen LogP contribution in [0.2, 0.25) is 0 Å². The lowest BCUT2D eigenvalue weighted by molar-refractivity contribution is 0.282. The molecule has 0 saturated carbocycles. The van der Waals surface area contributed by atoms with Crippen LogP contribution in [-0.2, 0) is 6.42 Å². The fourth-order valence-corrected chi connectivity index (χ4v) is 2.59. The van der Waals surface area contributed by atoms with Crippen LogP contribution in [0.3, 0.4) is 0 Å². The predicted octanol–water partition coefficient (Wildman–Crippen LogP) is 3.51. The SMILES string of the molecule is [CH2]C1Cc2cc(OC)cc(-c3ccccc3OC)c2O1. The van der Waals surface area contributed by atoms with Crippen molar-refractivity contribution < 1.29 is 14.2 Å². The van der Waals surface area contributed by atoms with Crippen LogP contribution in [0.25, 0.3) is 11.1 Å². The summed E-state index contributed by atoms with van der Waals surface area (Å²) in [6.07, 6.45) is 0.750. The highest BCUT2D eigenvalue weighted by Gasteiger charge is 2.25. The van der Waals surface area contributed by atoms with E-state index in [1.807, 2.05) is 36.4 Å². The van der Waals surface area contributed by atoms with Gasteiger partial charge in [0.2, 0.25) is 0 Å². The van der Waals surface area contributed by atoms with E-state index in [2.05, 4.69) is 6.92 Å². The van der Waals surface area contributed by atoms with Gasteiger partial charge in [-0.2, -0.15) is 0 Å². The maximum Gasteiger partial charge on any atom is 0.131 e. The van der Waals surface area contributed by atoms with E-state index in [0.29, 0.717) is 0 Å². The summed E-state index contributed by atoms with van der Waals surface area (Å²) in [6.45, 7) is 3.99. The minimum atomic E-state index is -0.0504. The molecule has 1 aliphatic rings. The second kappa shape index (κ2) is 5.08. The van der Waals surface area contributed by atoms with Gasteiger partial charge in [0.25, 0.3) is 0 Å². The van der Waals surface area contributed by atoms with Crippen LogP contribution in [-0.4, -0.2) is 20.3 Å². The van der Waals surface area contributed by atoms with Gasteiger partial charge in [-0.25, -0.2) is 0 Å². The minimum Gasteiger partial charge on any atom is -0.497 e. The molecule has 0 amide bonds. The number of methoxy groups -OCH3 is 2. The van der Waals surface area contributed by atoms with Crippen LogP contribution >= 0.6 is 0 Å². The maximum absolute atomic E-state index is 5.87. The van der Waals surface area contributed by atoms with Gasteiger partial charge in [-0.15, -0.1) is 0 Å². The number of para-hydroxylation sites is 1. The fraction of sp³-hybridized carbons (Fsp3) is 0.235. The quantitative estimate of drug-likeness (QED) is 0.853. The van der Waals surface area contributed by atoms with Crippen molar-refractivity contribution in [3.8, 4) is 28.4 Å².